The molecule has 160 valence electrons. The first kappa shape index (κ1) is 22.5. The molecule has 1 aliphatic carbocycles. The molecule has 1 nitrogen and oxygen atoms in total. The molecule has 0 N–H and O–H groups in total. The van der Waals surface area contributed by atoms with Gasteiger partial charge in [0.2, 0.25) is 0 Å². The van der Waals surface area contributed by atoms with Crippen LogP contribution in [-0.2, 0) is 4.18 Å². The Bertz CT molecular complexity index is 459. The number of rotatable bonds is 3. The molecule has 0 aromatic rings. The van der Waals surface area contributed by atoms with Gasteiger partial charge < -0.3 is 4.18 Å². The molecular formula is C26H44OS. The smallest absolute Gasteiger partial charge is 0.0642 e. The van der Waals surface area contributed by atoms with Gasteiger partial charge in [0.1, 0.15) is 0 Å². The maximum absolute atomic E-state index is 6.48. The Balaban J connectivity index is 1.66. The maximum atomic E-state index is 6.48. The molecular weight excluding hydrogens is 360 g/mol. The van der Waals surface area contributed by atoms with Crippen LogP contribution in [0.2, 0.25) is 0 Å². The van der Waals surface area contributed by atoms with Crippen molar-refractivity contribution >= 4 is 12.0 Å². The summed E-state index contributed by atoms with van der Waals surface area (Å²) in [4.78, 5) is 0. The highest BCUT2D eigenvalue weighted by molar-refractivity contribution is 7.96. The van der Waals surface area contributed by atoms with E-state index in [-0.39, 0.29) is 0 Å². The van der Waals surface area contributed by atoms with Crippen molar-refractivity contribution in [2.75, 3.05) is 6.61 Å². The second-order valence-electron chi connectivity index (χ2n) is 9.71. The van der Waals surface area contributed by atoms with Crippen LogP contribution in [0.15, 0.2) is 24.3 Å². The molecule has 3 aliphatic rings. The fraction of sp³-hybridized carbons (Fsp3) is 0.846. The van der Waals surface area contributed by atoms with E-state index in [1.165, 1.54) is 116 Å². The zero-order valence-corrected chi connectivity index (χ0v) is 19.0. The Kier molecular flexibility index (Phi) is 10.6. The Morgan fingerprint density at radius 3 is 1.86 bits per heavy atom. The fourth-order valence-electron chi connectivity index (χ4n) is 5.34. The van der Waals surface area contributed by atoms with Gasteiger partial charge in [-0.1, -0.05) is 101 Å². The summed E-state index contributed by atoms with van der Waals surface area (Å²) in [7, 11) is 0. The zero-order valence-electron chi connectivity index (χ0n) is 18.2. The van der Waals surface area contributed by atoms with Crippen molar-refractivity contribution in [1.29, 1.82) is 0 Å². The van der Waals surface area contributed by atoms with Gasteiger partial charge in [0.15, 0.2) is 0 Å². The average molecular weight is 405 g/mol. The minimum absolute atomic E-state index is 0.359. The number of allylic oxidation sites excluding steroid dienone is 4. The second-order valence-corrected chi connectivity index (χ2v) is 11.0. The summed E-state index contributed by atoms with van der Waals surface area (Å²) < 4.78 is 6.84. The molecule has 3 rings (SSSR count). The Labute approximate surface area is 179 Å². The van der Waals surface area contributed by atoms with E-state index >= 15 is 0 Å². The molecule has 28 heavy (non-hydrogen) atoms. The van der Waals surface area contributed by atoms with Crippen LogP contribution in [0.1, 0.15) is 116 Å². The van der Waals surface area contributed by atoms with E-state index in [0.29, 0.717) is 10.7 Å². The summed E-state index contributed by atoms with van der Waals surface area (Å²) in [6.07, 6.45) is 34.5. The predicted octanol–water partition coefficient (Wildman–Crippen LogP) is 8.80. The Morgan fingerprint density at radius 1 is 0.714 bits per heavy atom. The molecule has 0 amide bonds. The number of hydrogen-bond acceptors (Lipinski definition) is 2. The minimum Gasteiger partial charge on any atom is -0.314 e. The van der Waals surface area contributed by atoms with Crippen molar-refractivity contribution in [2.45, 2.75) is 120 Å². The predicted molar refractivity (Wildman–Crippen MR) is 125 cm³/mol. The van der Waals surface area contributed by atoms with Gasteiger partial charge in [-0.05, 0) is 62.4 Å². The molecule has 2 atom stereocenters. The van der Waals surface area contributed by atoms with Gasteiger partial charge >= 0.3 is 0 Å². The van der Waals surface area contributed by atoms with Crippen molar-refractivity contribution in [1.82, 2.24) is 0 Å². The summed E-state index contributed by atoms with van der Waals surface area (Å²) >= 11 is 1.92. The van der Waals surface area contributed by atoms with E-state index in [1.54, 1.807) is 0 Å². The van der Waals surface area contributed by atoms with Gasteiger partial charge in [0.25, 0.3) is 0 Å². The van der Waals surface area contributed by atoms with Crippen molar-refractivity contribution in [3.63, 3.8) is 0 Å². The number of hydrogen-bond donors (Lipinski definition) is 0. The van der Waals surface area contributed by atoms with E-state index in [4.69, 9.17) is 4.18 Å². The van der Waals surface area contributed by atoms with Crippen LogP contribution in [0, 0.1) is 11.8 Å². The lowest BCUT2D eigenvalue weighted by Gasteiger charge is -2.34. The molecule has 2 heterocycles. The number of fused-ring (bicyclic) bond motifs is 4. The van der Waals surface area contributed by atoms with Gasteiger partial charge in [-0.2, -0.15) is 0 Å². The van der Waals surface area contributed by atoms with Crippen molar-refractivity contribution in [2.24, 2.45) is 11.8 Å². The molecule has 2 unspecified atom stereocenters. The first-order valence-corrected chi connectivity index (χ1v) is 13.3. The first-order chi connectivity index (χ1) is 13.9. The third-order valence-corrected chi connectivity index (χ3v) is 8.51. The highest BCUT2D eigenvalue weighted by Crippen LogP contribution is 2.43. The molecule has 0 aromatic heterocycles. The standard InChI is InChI=1S/C26H44OS/c1-2-5-9-17-25-18-10-6-4-8-14-21-26(28-27-23-25,20-13-7-3-1)22-19-24-15-11-12-16-24/h11-12,15-16,24-25H,1-10,13-14,17-23H2. The summed E-state index contributed by atoms with van der Waals surface area (Å²) in [5, 5.41) is 0. The van der Waals surface area contributed by atoms with Crippen LogP contribution in [-0.4, -0.2) is 11.4 Å². The summed E-state index contributed by atoms with van der Waals surface area (Å²) in [5.41, 5.74) is 0. The van der Waals surface area contributed by atoms with Crippen LogP contribution >= 0.6 is 12.0 Å². The quantitative estimate of drug-likeness (QED) is 0.434. The van der Waals surface area contributed by atoms with E-state index < -0.39 is 0 Å². The average Bonchev–Trinajstić information content (AvgIpc) is 3.22. The second kappa shape index (κ2) is 13.2. The van der Waals surface area contributed by atoms with Crippen LogP contribution < -0.4 is 0 Å². The third kappa shape index (κ3) is 8.27. The monoisotopic (exact) mass is 404 g/mol. The topological polar surface area (TPSA) is 9.23 Å². The molecule has 2 bridgehead atoms. The molecule has 2 aliphatic heterocycles. The summed E-state index contributed by atoms with van der Waals surface area (Å²) in [5.74, 6) is 1.46. The van der Waals surface area contributed by atoms with Gasteiger partial charge in [-0.15, -0.1) is 0 Å². The van der Waals surface area contributed by atoms with Crippen LogP contribution in [0.5, 0.6) is 0 Å². The van der Waals surface area contributed by atoms with Crippen molar-refractivity contribution in [3.05, 3.63) is 24.3 Å². The Hall–Kier alpha value is -0.210. The van der Waals surface area contributed by atoms with Gasteiger partial charge in [-0.25, -0.2) is 0 Å². The lowest BCUT2D eigenvalue weighted by atomic mass is 9.86. The Morgan fingerprint density at radius 2 is 1.25 bits per heavy atom. The van der Waals surface area contributed by atoms with Crippen molar-refractivity contribution < 1.29 is 4.18 Å². The molecule has 2 fully saturated rings. The van der Waals surface area contributed by atoms with Gasteiger partial charge in [0.05, 0.1) is 6.61 Å². The van der Waals surface area contributed by atoms with E-state index in [0.717, 1.165) is 12.5 Å². The van der Waals surface area contributed by atoms with Gasteiger partial charge in [0, 0.05) is 4.75 Å². The maximum Gasteiger partial charge on any atom is 0.0642 e. The molecule has 0 radical (unpaired) electrons. The highest BCUT2D eigenvalue weighted by Gasteiger charge is 2.32. The molecule has 0 saturated carbocycles. The van der Waals surface area contributed by atoms with Crippen molar-refractivity contribution in [3.8, 4) is 0 Å². The van der Waals surface area contributed by atoms with E-state index in [1.807, 2.05) is 12.0 Å². The zero-order chi connectivity index (χ0) is 19.3. The first-order valence-electron chi connectivity index (χ1n) is 12.5. The summed E-state index contributed by atoms with van der Waals surface area (Å²) in [6.45, 7) is 0.996. The molecule has 0 spiro atoms. The van der Waals surface area contributed by atoms with Crippen LogP contribution in [0.4, 0.5) is 0 Å². The largest absolute Gasteiger partial charge is 0.314 e. The van der Waals surface area contributed by atoms with Crippen LogP contribution in [0.25, 0.3) is 0 Å². The van der Waals surface area contributed by atoms with E-state index in [9.17, 15) is 0 Å². The van der Waals surface area contributed by atoms with Crippen LogP contribution in [0.3, 0.4) is 0 Å². The minimum atomic E-state index is 0.359. The molecule has 2 heteroatoms. The molecule has 0 aromatic carbocycles. The normalized spacial score (nSPS) is 32.1. The lowest BCUT2D eigenvalue weighted by molar-refractivity contribution is 0.241. The molecule has 2 saturated heterocycles. The fourth-order valence-corrected chi connectivity index (χ4v) is 6.51. The van der Waals surface area contributed by atoms with Gasteiger partial charge in [-0.3, -0.25) is 0 Å². The lowest BCUT2D eigenvalue weighted by Crippen LogP contribution is -2.27. The van der Waals surface area contributed by atoms with E-state index in [2.05, 4.69) is 24.3 Å². The summed E-state index contributed by atoms with van der Waals surface area (Å²) in [6, 6.07) is 0. The SMILES string of the molecule is C1=CC(CCC23CCCCCCCCCC(CCCCCCC2)COS3)C=C1. The highest BCUT2D eigenvalue weighted by atomic mass is 32.2. The third-order valence-electron chi connectivity index (χ3n) is 7.29.